The molecule has 216 valence electrons. The molecular formula is C29H27F3N2O7. The van der Waals surface area contributed by atoms with E-state index >= 15 is 0 Å². The highest BCUT2D eigenvalue weighted by molar-refractivity contribution is 6.05. The first kappa shape index (κ1) is 29.2. The number of amides is 2. The molecule has 41 heavy (non-hydrogen) atoms. The summed E-state index contributed by atoms with van der Waals surface area (Å²) in [6, 6.07) is 16.9. The van der Waals surface area contributed by atoms with Crippen molar-refractivity contribution < 1.29 is 46.5 Å². The highest BCUT2D eigenvalue weighted by Crippen LogP contribution is 2.46. The third-order valence-corrected chi connectivity index (χ3v) is 6.51. The van der Waals surface area contributed by atoms with Crippen LogP contribution in [0.1, 0.15) is 34.0 Å². The number of rotatable bonds is 8. The largest absolute Gasteiger partial charge is 0.497 e. The molecule has 0 radical (unpaired) electrons. The quantitative estimate of drug-likeness (QED) is 0.376. The zero-order chi connectivity index (χ0) is 29.8. The second kappa shape index (κ2) is 11.8. The molecule has 1 N–H and O–H groups in total. The first-order valence-corrected chi connectivity index (χ1v) is 12.4. The monoisotopic (exact) mass is 572 g/mol. The lowest BCUT2D eigenvalue weighted by atomic mass is 9.91. The Hall–Kier alpha value is -4.74. The van der Waals surface area contributed by atoms with Gasteiger partial charge in [-0.1, -0.05) is 42.5 Å². The van der Waals surface area contributed by atoms with Crippen molar-refractivity contribution >= 4 is 23.7 Å². The summed E-state index contributed by atoms with van der Waals surface area (Å²) in [5.74, 6) is -1.77. The van der Waals surface area contributed by atoms with Crippen LogP contribution in [0.25, 0.3) is 0 Å². The van der Waals surface area contributed by atoms with Crippen molar-refractivity contribution in [3.05, 3.63) is 89.0 Å². The van der Waals surface area contributed by atoms with E-state index in [9.17, 15) is 27.6 Å². The minimum absolute atomic E-state index is 0.0165. The molecule has 0 fully saturated rings. The Balaban J connectivity index is 1.68. The molecule has 4 rings (SSSR count). The molecule has 1 heterocycles. The van der Waals surface area contributed by atoms with Gasteiger partial charge < -0.3 is 29.2 Å². The van der Waals surface area contributed by atoms with Crippen molar-refractivity contribution in [3.63, 3.8) is 0 Å². The van der Waals surface area contributed by atoms with Crippen LogP contribution in [0.4, 0.5) is 23.7 Å². The number of benzene rings is 3. The van der Waals surface area contributed by atoms with Crippen LogP contribution in [0.3, 0.4) is 0 Å². The number of alkyl carbamates (subject to hydrolysis) is 1. The molecule has 1 aliphatic heterocycles. The molecule has 0 aromatic heterocycles. The summed E-state index contributed by atoms with van der Waals surface area (Å²) >= 11 is 0. The number of fused-ring (bicyclic) bond motifs is 1. The molecule has 9 nitrogen and oxygen atoms in total. The van der Waals surface area contributed by atoms with E-state index in [0.717, 1.165) is 23.6 Å². The zero-order valence-electron chi connectivity index (χ0n) is 22.4. The van der Waals surface area contributed by atoms with Crippen molar-refractivity contribution in [2.45, 2.75) is 25.3 Å². The zero-order valence-corrected chi connectivity index (χ0v) is 22.4. The Bertz CT molecular complexity index is 1450. The van der Waals surface area contributed by atoms with Crippen molar-refractivity contribution in [3.8, 4) is 11.5 Å². The Morgan fingerprint density at radius 3 is 2.41 bits per heavy atom. The van der Waals surface area contributed by atoms with Gasteiger partial charge in [0.1, 0.15) is 18.1 Å². The first-order chi connectivity index (χ1) is 19.5. The van der Waals surface area contributed by atoms with Crippen LogP contribution in [-0.4, -0.2) is 45.3 Å². The smallest absolute Gasteiger partial charge is 0.417 e. The Labute approximate surface area is 233 Å². The number of hydrogen-bond acceptors (Lipinski definition) is 7. The number of hydrogen-bond donors (Lipinski definition) is 1. The predicted octanol–water partition coefficient (Wildman–Crippen LogP) is 5.07. The molecule has 0 spiro atoms. The minimum Gasteiger partial charge on any atom is -0.497 e. The molecule has 0 bridgehead atoms. The number of esters is 1. The molecule has 3 aromatic rings. The van der Waals surface area contributed by atoms with Crippen molar-refractivity contribution in [2.24, 2.45) is 0 Å². The standard InChI is InChI=1S/C29H27F3N2O7/c1-28(19-10-7-11-20(14-19)38-2)26(36)34(13-12-33-27(37)40-17-18-8-5-4-6-9-18)23-15-21(25(35)39-3)22(29(30,31)32)16-24(23)41-28/h4-11,14-16H,12-13,17H2,1-3H3,(H,33,37). The van der Waals surface area contributed by atoms with E-state index in [-0.39, 0.29) is 31.1 Å². The molecular weight excluding hydrogens is 545 g/mol. The highest BCUT2D eigenvalue weighted by atomic mass is 19.4. The van der Waals surface area contributed by atoms with E-state index in [0.29, 0.717) is 17.4 Å². The first-order valence-electron chi connectivity index (χ1n) is 12.4. The van der Waals surface area contributed by atoms with Gasteiger partial charge in [-0.25, -0.2) is 9.59 Å². The van der Waals surface area contributed by atoms with Gasteiger partial charge >= 0.3 is 18.2 Å². The van der Waals surface area contributed by atoms with Crippen LogP contribution >= 0.6 is 0 Å². The maximum atomic E-state index is 14.0. The number of nitrogens with zero attached hydrogens (tertiary/aromatic N) is 1. The third kappa shape index (κ3) is 6.21. The maximum absolute atomic E-state index is 14.0. The SMILES string of the molecule is COC(=O)c1cc2c(cc1C(F)(F)F)OC(C)(c1cccc(OC)c1)C(=O)N2CCNC(=O)OCc1ccccc1. The number of methoxy groups -OCH3 is 2. The molecule has 0 saturated carbocycles. The second-order valence-corrected chi connectivity index (χ2v) is 9.17. The van der Waals surface area contributed by atoms with Gasteiger partial charge in [0, 0.05) is 18.7 Å². The number of carbonyl (C=O) groups is 3. The summed E-state index contributed by atoms with van der Waals surface area (Å²) < 4.78 is 62.9. The normalized spacial score (nSPS) is 16.3. The Kier molecular flexibility index (Phi) is 8.41. The predicted molar refractivity (Wildman–Crippen MR) is 141 cm³/mol. The Morgan fingerprint density at radius 1 is 1.02 bits per heavy atom. The van der Waals surface area contributed by atoms with E-state index in [4.69, 9.17) is 14.2 Å². The van der Waals surface area contributed by atoms with Crippen LogP contribution in [-0.2, 0) is 32.7 Å². The Morgan fingerprint density at radius 2 is 1.76 bits per heavy atom. The number of ether oxygens (including phenoxy) is 4. The average molecular weight is 573 g/mol. The fourth-order valence-electron chi connectivity index (χ4n) is 4.37. The number of anilines is 1. The summed E-state index contributed by atoms with van der Waals surface area (Å²) in [6.07, 6.45) is -5.68. The van der Waals surface area contributed by atoms with Crippen molar-refractivity contribution in [2.75, 3.05) is 32.2 Å². The van der Waals surface area contributed by atoms with Crippen LogP contribution in [0.15, 0.2) is 66.7 Å². The van der Waals surface area contributed by atoms with E-state index in [1.54, 1.807) is 42.5 Å². The number of halogens is 3. The average Bonchev–Trinajstić information content (AvgIpc) is 2.97. The van der Waals surface area contributed by atoms with Gasteiger partial charge in [-0.2, -0.15) is 13.2 Å². The lowest BCUT2D eigenvalue weighted by Gasteiger charge is -2.41. The highest BCUT2D eigenvalue weighted by Gasteiger charge is 2.48. The number of nitrogens with one attached hydrogen (secondary N) is 1. The fourth-order valence-corrected chi connectivity index (χ4v) is 4.37. The van der Waals surface area contributed by atoms with Gasteiger partial charge in [-0.05, 0) is 36.8 Å². The van der Waals surface area contributed by atoms with Gasteiger partial charge in [-0.15, -0.1) is 0 Å². The number of carbonyl (C=O) groups excluding carboxylic acids is 3. The van der Waals surface area contributed by atoms with Crippen LogP contribution in [0.5, 0.6) is 11.5 Å². The molecule has 1 unspecified atom stereocenters. The second-order valence-electron chi connectivity index (χ2n) is 9.17. The minimum atomic E-state index is -4.93. The summed E-state index contributed by atoms with van der Waals surface area (Å²) in [5, 5.41) is 2.53. The van der Waals surface area contributed by atoms with E-state index in [1.807, 2.05) is 6.07 Å². The van der Waals surface area contributed by atoms with Gasteiger partial charge in [0.05, 0.1) is 31.0 Å². The summed E-state index contributed by atoms with van der Waals surface area (Å²) in [4.78, 5) is 39.7. The third-order valence-electron chi connectivity index (χ3n) is 6.51. The van der Waals surface area contributed by atoms with Crippen LogP contribution < -0.4 is 19.7 Å². The van der Waals surface area contributed by atoms with Gasteiger partial charge in [-0.3, -0.25) is 4.79 Å². The van der Waals surface area contributed by atoms with E-state index in [2.05, 4.69) is 10.1 Å². The summed E-state index contributed by atoms with van der Waals surface area (Å²) in [6.45, 7) is 1.13. The van der Waals surface area contributed by atoms with Crippen molar-refractivity contribution in [1.82, 2.24) is 5.32 Å². The topological polar surface area (TPSA) is 103 Å². The van der Waals surface area contributed by atoms with Gasteiger partial charge in [0.15, 0.2) is 0 Å². The number of alkyl halides is 3. The summed E-state index contributed by atoms with van der Waals surface area (Å²) in [5.41, 5.74) is -2.86. The molecule has 3 aromatic carbocycles. The van der Waals surface area contributed by atoms with Crippen molar-refractivity contribution in [1.29, 1.82) is 0 Å². The van der Waals surface area contributed by atoms with Gasteiger partial charge in [0.2, 0.25) is 5.60 Å². The van der Waals surface area contributed by atoms with Crippen LogP contribution in [0, 0.1) is 0 Å². The maximum Gasteiger partial charge on any atom is 0.417 e. The molecule has 1 atom stereocenters. The van der Waals surface area contributed by atoms with Crippen LogP contribution in [0.2, 0.25) is 0 Å². The lowest BCUT2D eigenvalue weighted by Crippen LogP contribution is -2.54. The lowest BCUT2D eigenvalue weighted by molar-refractivity contribution is -0.138. The van der Waals surface area contributed by atoms with E-state index in [1.165, 1.54) is 20.1 Å². The molecule has 2 amide bonds. The molecule has 12 heteroatoms. The molecule has 1 aliphatic rings. The summed E-state index contributed by atoms with van der Waals surface area (Å²) in [7, 11) is 2.38. The van der Waals surface area contributed by atoms with E-state index < -0.39 is 40.9 Å². The molecule has 0 saturated heterocycles. The van der Waals surface area contributed by atoms with Gasteiger partial charge in [0.25, 0.3) is 5.91 Å². The molecule has 0 aliphatic carbocycles. The fraction of sp³-hybridized carbons (Fsp3) is 0.276.